The highest BCUT2D eigenvalue weighted by molar-refractivity contribution is 5.80. The first kappa shape index (κ1) is 16.9. The molecule has 0 fully saturated rings. The third-order valence-corrected chi connectivity index (χ3v) is 5.46. The third-order valence-electron chi connectivity index (χ3n) is 5.46. The van der Waals surface area contributed by atoms with E-state index in [1.807, 2.05) is 0 Å². The standard InChI is InChI=1S/C25H27N/c1-18-4-10-21(11-5-18)24-16-17-25(22-12-6-19(2)7-13-22)26(24)23-14-8-20(3)9-15-23/h4-6,8,10-14,16-17,19H,7,9,15H2,1-3H3. The van der Waals surface area contributed by atoms with Gasteiger partial charge >= 0.3 is 0 Å². The summed E-state index contributed by atoms with van der Waals surface area (Å²) >= 11 is 0. The van der Waals surface area contributed by atoms with Crippen LogP contribution in [0.1, 0.15) is 44.4 Å². The van der Waals surface area contributed by atoms with E-state index in [1.54, 1.807) is 0 Å². The van der Waals surface area contributed by atoms with Crippen LogP contribution < -0.4 is 0 Å². The molecule has 1 unspecified atom stereocenters. The second-order valence-electron chi connectivity index (χ2n) is 7.71. The van der Waals surface area contributed by atoms with Gasteiger partial charge in [0.25, 0.3) is 0 Å². The molecule has 0 N–H and O–H groups in total. The van der Waals surface area contributed by atoms with Gasteiger partial charge < -0.3 is 4.57 Å². The van der Waals surface area contributed by atoms with Crippen LogP contribution in [0, 0.1) is 12.8 Å². The summed E-state index contributed by atoms with van der Waals surface area (Å²) in [4.78, 5) is 0. The van der Waals surface area contributed by atoms with E-state index in [0.717, 1.165) is 19.3 Å². The van der Waals surface area contributed by atoms with Crippen LogP contribution >= 0.6 is 0 Å². The number of aryl methyl sites for hydroxylation is 1. The highest BCUT2D eigenvalue weighted by Crippen LogP contribution is 2.35. The Morgan fingerprint density at radius 1 is 0.885 bits per heavy atom. The molecule has 2 aliphatic carbocycles. The van der Waals surface area contributed by atoms with Crippen LogP contribution in [-0.4, -0.2) is 4.57 Å². The Hall–Kier alpha value is -2.54. The zero-order valence-corrected chi connectivity index (χ0v) is 16.0. The van der Waals surface area contributed by atoms with Gasteiger partial charge in [0.1, 0.15) is 0 Å². The summed E-state index contributed by atoms with van der Waals surface area (Å²) in [6.45, 7) is 6.64. The van der Waals surface area contributed by atoms with Gasteiger partial charge in [0.2, 0.25) is 0 Å². The van der Waals surface area contributed by atoms with E-state index < -0.39 is 0 Å². The first-order valence-corrected chi connectivity index (χ1v) is 9.66. The fourth-order valence-corrected chi connectivity index (χ4v) is 3.76. The summed E-state index contributed by atoms with van der Waals surface area (Å²) in [5, 5.41) is 0. The Labute approximate surface area is 157 Å². The predicted octanol–water partition coefficient (Wildman–Crippen LogP) is 7.02. The number of hydrogen-bond donors (Lipinski definition) is 0. The molecule has 1 nitrogen and oxygen atoms in total. The fourth-order valence-electron chi connectivity index (χ4n) is 3.76. The van der Waals surface area contributed by atoms with Crippen molar-refractivity contribution >= 4 is 11.3 Å². The number of benzene rings is 1. The molecule has 1 heteroatoms. The van der Waals surface area contributed by atoms with Crippen LogP contribution in [0.3, 0.4) is 0 Å². The lowest BCUT2D eigenvalue weighted by molar-refractivity contribution is 0.738. The molecule has 0 aliphatic heterocycles. The van der Waals surface area contributed by atoms with Gasteiger partial charge in [0.05, 0.1) is 11.4 Å². The van der Waals surface area contributed by atoms with E-state index in [4.69, 9.17) is 0 Å². The Morgan fingerprint density at radius 3 is 2.31 bits per heavy atom. The molecule has 26 heavy (non-hydrogen) atoms. The number of allylic oxidation sites excluding steroid dienone is 8. The Bertz CT molecular complexity index is 929. The average molecular weight is 341 g/mol. The second kappa shape index (κ2) is 6.99. The molecule has 0 bridgehead atoms. The van der Waals surface area contributed by atoms with Crippen molar-refractivity contribution in [2.75, 3.05) is 0 Å². The lowest BCUT2D eigenvalue weighted by atomic mass is 9.96. The van der Waals surface area contributed by atoms with Gasteiger partial charge in [-0.15, -0.1) is 0 Å². The Morgan fingerprint density at radius 2 is 1.65 bits per heavy atom. The summed E-state index contributed by atoms with van der Waals surface area (Å²) in [5.74, 6) is 0.637. The van der Waals surface area contributed by atoms with Crippen molar-refractivity contribution in [2.45, 2.75) is 40.0 Å². The van der Waals surface area contributed by atoms with Crippen LogP contribution in [0.2, 0.25) is 0 Å². The first-order valence-electron chi connectivity index (χ1n) is 9.66. The molecule has 132 valence electrons. The van der Waals surface area contributed by atoms with Gasteiger partial charge in [-0.1, -0.05) is 66.6 Å². The molecule has 0 radical (unpaired) electrons. The van der Waals surface area contributed by atoms with Crippen molar-refractivity contribution in [3.8, 4) is 11.3 Å². The van der Waals surface area contributed by atoms with Gasteiger partial charge in [-0.25, -0.2) is 0 Å². The molecule has 2 aliphatic rings. The zero-order valence-electron chi connectivity index (χ0n) is 16.0. The summed E-state index contributed by atoms with van der Waals surface area (Å²) < 4.78 is 2.47. The third kappa shape index (κ3) is 3.26. The Kier molecular flexibility index (Phi) is 4.55. The molecule has 0 saturated carbocycles. The lowest BCUT2D eigenvalue weighted by Gasteiger charge is -2.21. The molecule has 1 aromatic carbocycles. The number of aromatic nitrogens is 1. The largest absolute Gasteiger partial charge is 0.313 e. The molecule has 1 heterocycles. The zero-order chi connectivity index (χ0) is 18.1. The summed E-state index contributed by atoms with van der Waals surface area (Å²) in [6, 6.07) is 13.4. The minimum Gasteiger partial charge on any atom is -0.313 e. The van der Waals surface area contributed by atoms with Gasteiger partial charge in [-0.2, -0.15) is 0 Å². The van der Waals surface area contributed by atoms with Gasteiger partial charge in [0, 0.05) is 5.70 Å². The molecular weight excluding hydrogens is 314 g/mol. The van der Waals surface area contributed by atoms with Crippen LogP contribution in [0.4, 0.5) is 0 Å². The van der Waals surface area contributed by atoms with Crippen LogP contribution in [-0.2, 0) is 0 Å². The predicted molar refractivity (Wildman–Crippen MR) is 113 cm³/mol. The van der Waals surface area contributed by atoms with Crippen LogP contribution in [0.5, 0.6) is 0 Å². The molecule has 4 rings (SSSR count). The van der Waals surface area contributed by atoms with E-state index in [2.05, 4.69) is 92.1 Å². The number of rotatable bonds is 3. The maximum atomic E-state index is 2.47. The van der Waals surface area contributed by atoms with Crippen molar-refractivity contribution in [1.29, 1.82) is 0 Å². The summed E-state index contributed by atoms with van der Waals surface area (Å²) in [5.41, 5.74) is 9.37. The molecule has 0 spiro atoms. The van der Waals surface area contributed by atoms with Crippen molar-refractivity contribution in [1.82, 2.24) is 4.57 Å². The van der Waals surface area contributed by atoms with Crippen molar-refractivity contribution in [3.63, 3.8) is 0 Å². The first-order chi connectivity index (χ1) is 12.6. The van der Waals surface area contributed by atoms with E-state index >= 15 is 0 Å². The second-order valence-corrected chi connectivity index (χ2v) is 7.71. The maximum absolute atomic E-state index is 2.47. The summed E-state index contributed by atoms with van der Waals surface area (Å²) in [6.07, 6.45) is 14.9. The van der Waals surface area contributed by atoms with Crippen LogP contribution in [0.25, 0.3) is 22.5 Å². The SMILES string of the molecule is CC1=CC=C(n2c(C3=CCC(C)C=C3)ccc2-c2ccc(C)cc2)CC1. The lowest BCUT2D eigenvalue weighted by Crippen LogP contribution is -2.07. The molecule has 1 aromatic heterocycles. The van der Waals surface area contributed by atoms with Crippen molar-refractivity contribution in [2.24, 2.45) is 5.92 Å². The van der Waals surface area contributed by atoms with Crippen molar-refractivity contribution in [3.05, 3.63) is 83.6 Å². The van der Waals surface area contributed by atoms with Gasteiger partial charge in [-0.05, 0) is 68.4 Å². The highest BCUT2D eigenvalue weighted by atomic mass is 15.0. The molecule has 1 atom stereocenters. The minimum atomic E-state index is 0.637. The van der Waals surface area contributed by atoms with Crippen LogP contribution in [0.15, 0.2) is 72.4 Å². The molecule has 0 amide bonds. The number of hydrogen-bond acceptors (Lipinski definition) is 0. The monoisotopic (exact) mass is 341 g/mol. The highest BCUT2D eigenvalue weighted by Gasteiger charge is 2.18. The van der Waals surface area contributed by atoms with Gasteiger partial charge in [0.15, 0.2) is 0 Å². The summed E-state index contributed by atoms with van der Waals surface area (Å²) in [7, 11) is 0. The normalized spacial score (nSPS) is 19.8. The molecule has 2 aromatic rings. The van der Waals surface area contributed by atoms with Gasteiger partial charge in [-0.3, -0.25) is 0 Å². The topological polar surface area (TPSA) is 4.93 Å². The van der Waals surface area contributed by atoms with E-state index in [0.29, 0.717) is 5.92 Å². The number of nitrogens with zero attached hydrogens (tertiary/aromatic N) is 1. The van der Waals surface area contributed by atoms with E-state index in [1.165, 1.54) is 39.4 Å². The minimum absolute atomic E-state index is 0.637. The maximum Gasteiger partial charge on any atom is 0.0531 e. The fraction of sp³-hybridized carbons (Fsp3) is 0.280. The Balaban J connectivity index is 1.85. The quantitative estimate of drug-likeness (QED) is 0.565. The smallest absolute Gasteiger partial charge is 0.0531 e. The van der Waals surface area contributed by atoms with Crippen molar-refractivity contribution < 1.29 is 0 Å². The molecule has 0 saturated heterocycles. The molecular formula is C25H27N. The van der Waals surface area contributed by atoms with E-state index in [-0.39, 0.29) is 0 Å². The average Bonchev–Trinajstić information content (AvgIpc) is 3.08. The van der Waals surface area contributed by atoms with E-state index in [9.17, 15) is 0 Å².